The van der Waals surface area contributed by atoms with Gasteiger partial charge in [-0.2, -0.15) is 0 Å². The summed E-state index contributed by atoms with van der Waals surface area (Å²) < 4.78 is 0. The molecule has 2 heteroatoms. The molecule has 2 aromatic rings. The van der Waals surface area contributed by atoms with E-state index in [-0.39, 0.29) is 0 Å². The molecule has 0 aliphatic heterocycles. The fraction of sp³-hybridized carbons (Fsp3) is 0.400. The largest absolute Gasteiger partial charge is 0.370 e. The Labute approximate surface area is 103 Å². The Bertz CT molecular complexity index is 544. The number of aryl methyl sites for hydroxylation is 3. The van der Waals surface area contributed by atoms with Gasteiger partial charge in [-0.1, -0.05) is 18.6 Å². The van der Waals surface area contributed by atoms with E-state index in [1.807, 2.05) is 0 Å². The Morgan fingerprint density at radius 1 is 1.06 bits per heavy atom. The minimum atomic E-state index is 0.976. The minimum absolute atomic E-state index is 0.976. The Kier molecular flexibility index (Phi) is 3.32. The van der Waals surface area contributed by atoms with E-state index in [0.717, 1.165) is 24.3 Å². The van der Waals surface area contributed by atoms with Crippen LogP contribution >= 0.6 is 0 Å². The van der Waals surface area contributed by atoms with Gasteiger partial charge in [-0.15, -0.1) is 0 Å². The number of hydrogen-bond acceptors (Lipinski definition) is 2. The topological polar surface area (TPSA) is 24.9 Å². The molecule has 90 valence electrons. The van der Waals surface area contributed by atoms with Crippen molar-refractivity contribution in [2.75, 3.05) is 11.9 Å². The molecule has 17 heavy (non-hydrogen) atoms. The lowest BCUT2D eigenvalue weighted by Crippen LogP contribution is -2.04. The Morgan fingerprint density at radius 3 is 2.53 bits per heavy atom. The van der Waals surface area contributed by atoms with Crippen LogP contribution in [0.3, 0.4) is 0 Å². The summed E-state index contributed by atoms with van der Waals surface area (Å²) in [5.41, 5.74) is 4.88. The molecule has 0 unspecified atom stereocenters. The SMILES string of the molecule is CCCNc1nc2c(C)cc(C)cc2cc1C. The van der Waals surface area contributed by atoms with Crippen molar-refractivity contribution in [3.05, 3.63) is 34.9 Å². The van der Waals surface area contributed by atoms with Crippen LogP contribution in [0.4, 0.5) is 5.82 Å². The number of nitrogens with one attached hydrogen (secondary N) is 1. The number of hydrogen-bond donors (Lipinski definition) is 1. The summed E-state index contributed by atoms with van der Waals surface area (Å²) in [5, 5.41) is 4.62. The third-order valence-corrected chi connectivity index (χ3v) is 2.99. The van der Waals surface area contributed by atoms with Gasteiger partial charge in [0.05, 0.1) is 5.52 Å². The van der Waals surface area contributed by atoms with Gasteiger partial charge in [0.1, 0.15) is 5.82 Å². The van der Waals surface area contributed by atoms with Crippen molar-refractivity contribution in [2.45, 2.75) is 34.1 Å². The molecule has 2 rings (SSSR count). The average Bonchev–Trinajstić information content (AvgIpc) is 2.26. The van der Waals surface area contributed by atoms with Crippen molar-refractivity contribution in [2.24, 2.45) is 0 Å². The molecule has 0 fully saturated rings. The zero-order valence-corrected chi connectivity index (χ0v) is 11.1. The maximum absolute atomic E-state index is 4.74. The highest BCUT2D eigenvalue weighted by molar-refractivity contribution is 5.85. The van der Waals surface area contributed by atoms with Gasteiger partial charge in [0.2, 0.25) is 0 Å². The van der Waals surface area contributed by atoms with Crippen molar-refractivity contribution in [1.82, 2.24) is 4.98 Å². The van der Waals surface area contributed by atoms with E-state index in [2.05, 4.69) is 51.2 Å². The van der Waals surface area contributed by atoms with E-state index < -0.39 is 0 Å². The van der Waals surface area contributed by atoms with E-state index in [0.29, 0.717) is 0 Å². The normalized spacial score (nSPS) is 10.8. The first kappa shape index (κ1) is 11.9. The number of benzene rings is 1. The summed E-state index contributed by atoms with van der Waals surface area (Å²) in [6.45, 7) is 9.51. The molecule has 0 atom stereocenters. The van der Waals surface area contributed by atoms with Gasteiger partial charge in [-0.05, 0) is 50.5 Å². The van der Waals surface area contributed by atoms with Crippen LogP contribution in [0.2, 0.25) is 0 Å². The fourth-order valence-electron chi connectivity index (χ4n) is 2.18. The number of rotatable bonds is 3. The van der Waals surface area contributed by atoms with Crippen LogP contribution in [0.25, 0.3) is 10.9 Å². The lowest BCUT2D eigenvalue weighted by Gasteiger charge is -2.11. The molecule has 0 radical (unpaired) electrons. The van der Waals surface area contributed by atoms with Crippen molar-refractivity contribution in [3.63, 3.8) is 0 Å². The summed E-state index contributed by atoms with van der Waals surface area (Å²) in [4.78, 5) is 4.74. The molecule has 0 bridgehead atoms. The third kappa shape index (κ3) is 2.41. The summed E-state index contributed by atoms with van der Waals surface area (Å²) in [7, 11) is 0. The van der Waals surface area contributed by atoms with Crippen molar-refractivity contribution in [1.29, 1.82) is 0 Å². The van der Waals surface area contributed by atoms with Gasteiger partial charge in [0.25, 0.3) is 0 Å². The van der Waals surface area contributed by atoms with E-state index in [1.54, 1.807) is 0 Å². The molecule has 1 aromatic heterocycles. The van der Waals surface area contributed by atoms with Gasteiger partial charge in [-0.3, -0.25) is 0 Å². The Balaban J connectivity index is 2.55. The third-order valence-electron chi connectivity index (χ3n) is 2.99. The predicted molar refractivity (Wildman–Crippen MR) is 74.7 cm³/mol. The Morgan fingerprint density at radius 2 is 1.82 bits per heavy atom. The standard InChI is InChI=1S/C15H20N2/c1-5-6-16-15-12(4)9-13-8-10(2)7-11(3)14(13)17-15/h7-9H,5-6H2,1-4H3,(H,16,17). The first-order chi connectivity index (χ1) is 8.11. The first-order valence-electron chi connectivity index (χ1n) is 6.24. The zero-order chi connectivity index (χ0) is 12.4. The van der Waals surface area contributed by atoms with Crippen LogP contribution < -0.4 is 5.32 Å². The second kappa shape index (κ2) is 4.74. The zero-order valence-electron chi connectivity index (χ0n) is 11.1. The highest BCUT2D eigenvalue weighted by atomic mass is 15.0. The molecule has 1 heterocycles. The van der Waals surface area contributed by atoms with Crippen molar-refractivity contribution in [3.8, 4) is 0 Å². The molecular weight excluding hydrogens is 208 g/mol. The molecule has 2 nitrogen and oxygen atoms in total. The average molecular weight is 228 g/mol. The maximum atomic E-state index is 4.74. The second-order valence-corrected chi connectivity index (χ2v) is 4.73. The van der Waals surface area contributed by atoms with E-state index in [1.165, 1.54) is 22.1 Å². The molecule has 0 saturated heterocycles. The number of fused-ring (bicyclic) bond motifs is 1. The summed E-state index contributed by atoms with van der Waals surface area (Å²) in [5.74, 6) is 1.02. The predicted octanol–water partition coefficient (Wildman–Crippen LogP) is 3.98. The van der Waals surface area contributed by atoms with Crippen LogP contribution in [0, 0.1) is 20.8 Å². The lowest BCUT2D eigenvalue weighted by atomic mass is 10.1. The Hall–Kier alpha value is -1.57. The highest BCUT2D eigenvalue weighted by Crippen LogP contribution is 2.23. The molecular formula is C15H20N2. The molecule has 0 aliphatic rings. The second-order valence-electron chi connectivity index (χ2n) is 4.73. The first-order valence-corrected chi connectivity index (χ1v) is 6.24. The molecule has 0 amide bonds. The van der Waals surface area contributed by atoms with Crippen LogP contribution in [-0.4, -0.2) is 11.5 Å². The lowest BCUT2D eigenvalue weighted by molar-refractivity contribution is 0.968. The molecule has 0 saturated carbocycles. The number of pyridine rings is 1. The number of anilines is 1. The van der Waals surface area contributed by atoms with Gasteiger partial charge in [0.15, 0.2) is 0 Å². The molecule has 1 aromatic carbocycles. The van der Waals surface area contributed by atoms with Crippen molar-refractivity contribution < 1.29 is 0 Å². The van der Waals surface area contributed by atoms with Crippen LogP contribution in [0.5, 0.6) is 0 Å². The van der Waals surface area contributed by atoms with E-state index in [4.69, 9.17) is 4.98 Å². The van der Waals surface area contributed by atoms with Crippen LogP contribution in [0.15, 0.2) is 18.2 Å². The highest BCUT2D eigenvalue weighted by Gasteiger charge is 2.05. The van der Waals surface area contributed by atoms with Crippen LogP contribution in [-0.2, 0) is 0 Å². The van der Waals surface area contributed by atoms with Crippen molar-refractivity contribution >= 4 is 16.7 Å². The molecule has 0 aliphatic carbocycles. The number of aromatic nitrogens is 1. The smallest absolute Gasteiger partial charge is 0.129 e. The molecule has 0 spiro atoms. The fourth-order valence-corrected chi connectivity index (χ4v) is 2.18. The number of nitrogens with zero attached hydrogens (tertiary/aromatic N) is 1. The minimum Gasteiger partial charge on any atom is -0.370 e. The summed E-state index contributed by atoms with van der Waals surface area (Å²) in [6.07, 6.45) is 1.12. The summed E-state index contributed by atoms with van der Waals surface area (Å²) >= 11 is 0. The van der Waals surface area contributed by atoms with Gasteiger partial charge < -0.3 is 5.32 Å². The summed E-state index contributed by atoms with van der Waals surface area (Å²) in [6, 6.07) is 6.61. The van der Waals surface area contributed by atoms with E-state index in [9.17, 15) is 0 Å². The van der Waals surface area contributed by atoms with Crippen LogP contribution in [0.1, 0.15) is 30.0 Å². The maximum Gasteiger partial charge on any atom is 0.129 e. The van der Waals surface area contributed by atoms with Gasteiger partial charge >= 0.3 is 0 Å². The van der Waals surface area contributed by atoms with Gasteiger partial charge in [-0.25, -0.2) is 4.98 Å². The van der Waals surface area contributed by atoms with Gasteiger partial charge in [0, 0.05) is 11.9 Å². The molecule has 1 N–H and O–H groups in total. The quantitative estimate of drug-likeness (QED) is 0.859. The van der Waals surface area contributed by atoms with E-state index >= 15 is 0 Å². The monoisotopic (exact) mass is 228 g/mol.